The van der Waals surface area contributed by atoms with Crippen molar-refractivity contribution in [3.8, 4) is 0 Å². The zero-order valence-electron chi connectivity index (χ0n) is 15.6. The molecule has 140 valence electrons. The van der Waals surface area contributed by atoms with Gasteiger partial charge in [-0.15, -0.1) is 0 Å². The van der Waals surface area contributed by atoms with Crippen LogP contribution >= 0.6 is 0 Å². The summed E-state index contributed by atoms with van der Waals surface area (Å²) < 4.78 is 5.94. The smallest absolute Gasteiger partial charge is 0.254 e. The van der Waals surface area contributed by atoms with Crippen molar-refractivity contribution in [1.82, 2.24) is 9.88 Å². The SMILES string of the molecule is O=C(c1ccncc1)N(CCCc1ccccc1)Cc1cc2ccccc2o1. The third kappa shape index (κ3) is 4.29. The summed E-state index contributed by atoms with van der Waals surface area (Å²) in [5.74, 6) is 0.791. The molecule has 0 aliphatic carbocycles. The lowest BCUT2D eigenvalue weighted by atomic mass is 10.1. The van der Waals surface area contributed by atoms with Gasteiger partial charge in [-0.25, -0.2) is 0 Å². The molecule has 2 aromatic heterocycles. The summed E-state index contributed by atoms with van der Waals surface area (Å²) in [6, 6.07) is 23.8. The molecule has 28 heavy (non-hydrogen) atoms. The van der Waals surface area contributed by atoms with E-state index in [4.69, 9.17) is 4.42 Å². The molecule has 0 N–H and O–H groups in total. The van der Waals surface area contributed by atoms with Gasteiger partial charge in [0.05, 0.1) is 6.54 Å². The molecule has 4 heteroatoms. The Morgan fingerprint density at radius 3 is 2.46 bits per heavy atom. The molecule has 4 aromatic rings. The number of rotatable bonds is 7. The van der Waals surface area contributed by atoms with Gasteiger partial charge in [-0.05, 0) is 42.7 Å². The predicted molar refractivity (Wildman–Crippen MR) is 110 cm³/mol. The number of benzene rings is 2. The maximum Gasteiger partial charge on any atom is 0.254 e. The molecule has 0 aliphatic heterocycles. The van der Waals surface area contributed by atoms with E-state index >= 15 is 0 Å². The minimum Gasteiger partial charge on any atom is -0.459 e. The quantitative estimate of drug-likeness (QED) is 0.454. The number of hydrogen-bond acceptors (Lipinski definition) is 3. The van der Waals surface area contributed by atoms with Gasteiger partial charge in [0.25, 0.3) is 5.91 Å². The number of para-hydroxylation sites is 1. The van der Waals surface area contributed by atoms with Crippen molar-refractivity contribution in [3.63, 3.8) is 0 Å². The minimum absolute atomic E-state index is 0.00378. The average molecular weight is 370 g/mol. The van der Waals surface area contributed by atoms with Crippen molar-refractivity contribution in [1.29, 1.82) is 0 Å². The molecule has 2 aromatic carbocycles. The second-order valence-corrected chi connectivity index (χ2v) is 6.80. The van der Waals surface area contributed by atoms with Gasteiger partial charge < -0.3 is 9.32 Å². The maximum atomic E-state index is 13.1. The highest BCUT2D eigenvalue weighted by Gasteiger charge is 2.18. The third-order valence-electron chi connectivity index (χ3n) is 4.77. The molecular weight excluding hydrogens is 348 g/mol. The Hall–Kier alpha value is -3.40. The van der Waals surface area contributed by atoms with Gasteiger partial charge in [0, 0.05) is 29.9 Å². The van der Waals surface area contributed by atoms with Crippen LogP contribution in [0.5, 0.6) is 0 Å². The first kappa shape index (κ1) is 18.0. The summed E-state index contributed by atoms with van der Waals surface area (Å²) in [7, 11) is 0. The molecule has 0 fully saturated rings. The van der Waals surface area contributed by atoms with Gasteiger partial charge in [-0.2, -0.15) is 0 Å². The summed E-state index contributed by atoms with van der Waals surface area (Å²) >= 11 is 0. The molecule has 1 amide bonds. The molecule has 0 unspecified atom stereocenters. The van der Waals surface area contributed by atoms with E-state index < -0.39 is 0 Å². The number of carbonyl (C=O) groups excluding carboxylic acids is 1. The van der Waals surface area contributed by atoms with Gasteiger partial charge in [0.1, 0.15) is 11.3 Å². The predicted octanol–water partition coefficient (Wildman–Crippen LogP) is 5.10. The number of aromatic nitrogens is 1. The number of pyridine rings is 1. The molecule has 0 atom stereocenters. The second kappa shape index (κ2) is 8.53. The van der Waals surface area contributed by atoms with Crippen molar-refractivity contribution in [2.45, 2.75) is 19.4 Å². The van der Waals surface area contributed by atoms with Crippen LogP contribution in [0.15, 0.2) is 89.6 Å². The van der Waals surface area contributed by atoms with Crippen LogP contribution in [0.2, 0.25) is 0 Å². The van der Waals surface area contributed by atoms with Gasteiger partial charge in [-0.1, -0.05) is 48.5 Å². The van der Waals surface area contributed by atoms with Crippen molar-refractivity contribution in [3.05, 3.63) is 102 Å². The highest BCUT2D eigenvalue weighted by Crippen LogP contribution is 2.21. The first-order valence-electron chi connectivity index (χ1n) is 9.50. The Labute approximate surface area is 164 Å². The fourth-order valence-corrected chi connectivity index (χ4v) is 3.35. The van der Waals surface area contributed by atoms with E-state index in [2.05, 4.69) is 17.1 Å². The Kier molecular flexibility index (Phi) is 5.48. The topological polar surface area (TPSA) is 46.3 Å². The molecule has 4 nitrogen and oxygen atoms in total. The zero-order valence-corrected chi connectivity index (χ0v) is 15.6. The molecule has 0 bridgehead atoms. The number of aryl methyl sites for hydroxylation is 1. The number of fused-ring (bicyclic) bond motifs is 1. The van der Waals surface area contributed by atoms with Crippen LogP contribution in [0.25, 0.3) is 11.0 Å². The highest BCUT2D eigenvalue weighted by atomic mass is 16.3. The zero-order chi connectivity index (χ0) is 19.2. The summed E-state index contributed by atoms with van der Waals surface area (Å²) in [5.41, 5.74) is 2.77. The van der Waals surface area contributed by atoms with Gasteiger partial charge in [-0.3, -0.25) is 9.78 Å². The van der Waals surface area contributed by atoms with Crippen LogP contribution in [0.1, 0.15) is 28.1 Å². The van der Waals surface area contributed by atoms with E-state index in [-0.39, 0.29) is 5.91 Å². The number of amides is 1. The minimum atomic E-state index is -0.00378. The van der Waals surface area contributed by atoms with E-state index in [1.807, 2.05) is 53.4 Å². The monoisotopic (exact) mass is 370 g/mol. The van der Waals surface area contributed by atoms with Crippen LogP contribution < -0.4 is 0 Å². The Bertz CT molecular complexity index is 1010. The van der Waals surface area contributed by atoms with E-state index in [0.29, 0.717) is 18.7 Å². The normalized spacial score (nSPS) is 10.9. The molecule has 0 spiro atoms. The van der Waals surface area contributed by atoms with Crippen molar-refractivity contribution in [2.75, 3.05) is 6.54 Å². The molecule has 0 saturated heterocycles. The number of hydrogen-bond donors (Lipinski definition) is 0. The van der Waals surface area contributed by atoms with Crippen molar-refractivity contribution in [2.24, 2.45) is 0 Å². The molecule has 2 heterocycles. The van der Waals surface area contributed by atoms with Gasteiger partial charge in [0.2, 0.25) is 0 Å². The summed E-state index contributed by atoms with van der Waals surface area (Å²) in [4.78, 5) is 18.9. The number of carbonyl (C=O) groups is 1. The fraction of sp³-hybridized carbons (Fsp3) is 0.167. The molecular formula is C24H22N2O2. The summed E-state index contributed by atoms with van der Waals surface area (Å²) in [6.45, 7) is 1.11. The van der Waals surface area contributed by atoms with Crippen molar-refractivity contribution >= 4 is 16.9 Å². The lowest BCUT2D eigenvalue weighted by molar-refractivity contribution is 0.0730. The van der Waals surface area contributed by atoms with Crippen LogP contribution in [-0.2, 0) is 13.0 Å². The largest absolute Gasteiger partial charge is 0.459 e. The standard InChI is InChI=1S/C24H22N2O2/c27-24(20-12-14-25-15-13-20)26(16-6-9-19-7-2-1-3-8-19)18-22-17-21-10-4-5-11-23(21)28-22/h1-5,7-8,10-15,17H,6,9,16,18H2. The van der Waals surface area contributed by atoms with Gasteiger partial charge in [0.15, 0.2) is 0 Å². The Balaban J connectivity index is 1.51. The second-order valence-electron chi connectivity index (χ2n) is 6.80. The van der Waals surface area contributed by atoms with E-state index in [0.717, 1.165) is 29.6 Å². The fourth-order valence-electron chi connectivity index (χ4n) is 3.35. The molecule has 0 saturated carbocycles. The molecule has 4 rings (SSSR count). The summed E-state index contributed by atoms with van der Waals surface area (Å²) in [6.07, 6.45) is 5.12. The third-order valence-corrected chi connectivity index (χ3v) is 4.77. The lowest BCUT2D eigenvalue weighted by Gasteiger charge is -2.22. The van der Waals surface area contributed by atoms with Gasteiger partial charge >= 0.3 is 0 Å². The number of furan rings is 1. The first-order chi connectivity index (χ1) is 13.8. The van der Waals surface area contributed by atoms with Crippen LogP contribution in [-0.4, -0.2) is 22.3 Å². The first-order valence-corrected chi connectivity index (χ1v) is 9.50. The van der Waals surface area contributed by atoms with Crippen LogP contribution in [0.4, 0.5) is 0 Å². The Morgan fingerprint density at radius 2 is 1.68 bits per heavy atom. The average Bonchev–Trinajstić information content (AvgIpc) is 3.16. The maximum absolute atomic E-state index is 13.1. The van der Waals surface area contributed by atoms with Crippen molar-refractivity contribution < 1.29 is 9.21 Å². The molecule has 0 aliphatic rings. The summed E-state index contributed by atoms with van der Waals surface area (Å²) in [5, 5.41) is 1.05. The molecule has 0 radical (unpaired) electrons. The van der Waals surface area contributed by atoms with E-state index in [1.165, 1.54) is 5.56 Å². The van der Waals surface area contributed by atoms with E-state index in [9.17, 15) is 4.79 Å². The highest BCUT2D eigenvalue weighted by molar-refractivity contribution is 5.94. The number of nitrogens with zero attached hydrogens (tertiary/aromatic N) is 2. The van der Waals surface area contributed by atoms with Crippen LogP contribution in [0, 0.1) is 0 Å². The lowest BCUT2D eigenvalue weighted by Crippen LogP contribution is -2.31. The Morgan fingerprint density at radius 1 is 0.929 bits per heavy atom. The van der Waals surface area contributed by atoms with E-state index in [1.54, 1.807) is 24.5 Å². The van der Waals surface area contributed by atoms with Crippen LogP contribution in [0.3, 0.4) is 0 Å².